The monoisotopic (exact) mass is 878 g/mol. The average Bonchev–Trinajstić information content (AvgIpc) is 3.95. The predicted octanol–water partition coefficient (Wildman–Crippen LogP) is 9.57. The number of nitrogens with zero attached hydrogens (tertiary/aromatic N) is 5. The van der Waals surface area contributed by atoms with Crippen LogP contribution in [0, 0.1) is 15.5 Å². The highest BCUT2D eigenvalue weighted by atomic mass is 32.2. The van der Waals surface area contributed by atoms with E-state index in [0.29, 0.717) is 60.5 Å². The summed E-state index contributed by atoms with van der Waals surface area (Å²) in [5, 5.41) is 15.6. The van der Waals surface area contributed by atoms with Crippen molar-refractivity contribution in [1.29, 1.82) is 0 Å². The number of rotatable bonds is 13. The fourth-order valence-electron chi connectivity index (χ4n) is 10.5. The van der Waals surface area contributed by atoms with Crippen molar-refractivity contribution in [2.75, 3.05) is 36.4 Å². The lowest BCUT2D eigenvalue weighted by Crippen LogP contribution is -2.54. The Labute approximate surface area is 367 Å². The normalized spacial score (nSPS) is 20.2. The molecule has 3 N–H and O–H groups in total. The first-order valence-electron chi connectivity index (χ1n) is 22.3. The Bertz CT molecular complexity index is 2620. The van der Waals surface area contributed by atoms with Gasteiger partial charge in [0.15, 0.2) is 0 Å². The van der Waals surface area contributed by atoms with Crippen molar-refractivity contribution in [2.45, 2.75) is 113 Å². The van der Waals surface area contributed by atoms with Gasteiger partial charge >= 0.3 is 5.69 Å². The van der Waals surface area contributed by atoms with E-state index in [-0.39, 0.29) is 23.7 Å². The zero-order valence-corrected chi connectivity index (χ0v) is 36.6. The number of nitro groups is 1. The third-order valence-corrected chi connectivity index (χ3v) is 15.3. The molecule has 0 unspecified atom stereocenters. The Balaban J connectivity index is 0.905. The number of carbonyl (C=O) groups is 1. The van der Waals surface area contributed by atoms with Crippen LogP contribution in [-0.4, -0.2) is 77.0 Å². The van der Waals surface area contributed by atoms with Crippen molar-refractivity contribution in [2.24, 2.45) is 5.41 Å². The van der Waals surface area contributed by atoms with Gasteiger partial charge in [-0.3, -0.25) is 19.8 Å². The second-order valence-electron chi connectivity index (χ2n) is 18.4. The molecule has 1 spiro atoms. The van der Waals surface area contributed by atoms with E-state index in [2.05, 4.69) is 72.9 Å². The summed E-state index contributed by atoms with van der Waals surface area (Å²) >= 11 is 0. The van der Waals surface area contributed by atoms with Crippen molar-refractivity contribution >= 4 is 44.2 Å². The largest absolute Gasteiger partial charge is 0.455 e. The lowest BCUT2D eigenvalue weighted by atomic mass is 9.59. The molecule has 4 fully saturated rings. The minimum absolute atomic E-state index is 0.0625. The molecule has 5 heterocycles. The fraction of sp³-hybridized carbons (Fsp3) is 0.468. The molecule has 2 saturated carbocycles. The summed E-state index contributed by atoms with van der Waals surface area (Å²) < 4.78 is 51.0. The highest BCUT2D eigenvalue weighted by molar-refractivity contribution is 7.90. The Kier molecular flexibility index (Phi) is 11.6. The molecule has 9 rings (SSSR count). The number of sulfonamides is 1. The van der Waals surface area contributed by atoms with Gasteiger partial charge in [0.1, 0.15) is 27.7 Å². The number of benzene rings is 2. The highest BCUT2D eigenvalue weighted by Gasteiger charge is 2.50. The molecule has 2 saturated heterocycles. The van der Waals surface area contributed by atoms with Gasteiger partial charge in [0, 0.05) is 54.6 Å². The molecule has 5 aromatic rings. The lowest BCUT2D eigenvalue weighted by molar-refractivity contribution is -0.384. The molecule has 63 heavy (non-hydrogen) atoms. The number of fused-ring (bicyclic) bond motifs is 1. The molecular weight excluding hydrogens is 824 g/mol. The number of aromatic amines is 1. The number of carbonyl (C=O) groups excluding carboxylic acids is 1. The second kappa shape index (κ2) is 17.2. The Morgan fingerprint density at radius 1 is 0.984 bits per heavy atom. The number of hydrogen-bond acceptors (Lipinski definition) is 11. The van der Waals surface area contributed by atoms with Gasteiger partial charge in [-0.1, -0.05) is 57.4 Å². The van der Waals surface area contributed by atoms with Gasteiger partial charge in [0.2, 0.25) is 5.82 Å². The van der Waals surface area contributed by atoms with Crippen molar-refractivity contribution in [3.63, 3.8) is 0 Å². The number of anilines is 2. The Morgan fingerprint density at radius 3 is 2.52 bits per heavy atom. The van der Waals surface area contributed by atoms with Crippen LogP contribution in [0.25, 0.3) is 11.0 Å². The van der Waals surface area contributed by atoms with Crippen molar-refractivity contribution in [3.8, 4) is 11.5 Å². The van der Waals surface area contributed by atoms with Crippen LogP contribution < -0.4 is 19.7 Å². The fourth-order valence-corrected chi connectivity index (χ4v) is 11.4. The zero-order chi connectivity index (χ0) is 43.9. The summed E-state index contributed by atoms with van der Waals surface area (Å²) in [7, 11) is -4.67. The van der Waals surface area contributed by atoms with E-state index in [1.807, 2.05) is 6.07 Å². The van der Waals surface area contributed by atoms with E-state index in [9.17, 15) is 23.3 Å². The topological polar surface area (TPSA) is 176 Å². The number of piperidine rings is 1. The Hall–Kier alpha value is -5.61. The zero-order valence-electron chi connectivity index (χ0n) is 35.8. The molecule has 14 nitrogen and oxygen atoms in total. The molecule has 2 aliphatic carbocycles. The lowest BCUT2D eigenvalue weighted by Gasteiger charge is -2.56. The van der Waals surface area contributed by atoms with Gasteiger partial charge in [-0.15, -0.1) is 0 Å². The number of nitrogens with one attached hydrogen (secondary N) is 3. The molecule has 2 aromatic carbocycles. The first-order chi connectivity index (χ1) is 30.3. The van der Waals surface area contributed by atoms with Gasteiger partial charge in [-0.2, -0.15) is 0 Å². The van der Waals surface area contributed by atoms with Crippen LogP contribution in [0.1, 0.15) is 118 Å². The summed E-state index contributed by atoms with van der Waals surface area (Å²) in [6, 6.07) is 19.5. The van der Waals surface area contributed by atoms with Crippen molar-refractivity contribution in [3.05, 3.63) is 106 Å². The third kappa shape index (κ3) is 8.84. The third-order valence-electron chi connectivity index (χ3n) is 14.0. The van der Waals surface area contributed by atoms with Gasteiger partial charge in [-0.25, -0.2) is 27.5 Å². The molecule has 4 aliphatic rings. The number of alkyl halides is 1. The minimum atomic E-state index is -4.67. The number of amides is 1. The first kappa shape index (κ1) is 42.7. The molecule has 1 atom stereocenters. The van der Waals surface area contributed by atoms with E-state index < -0.39 is 37.1 Å². The van der Waals surface area contributed by atoms with Crippen molar-refractivity contribution < 1.29 is 27.3 Å². The molecule has 332 valence electrons. The van der Waals surface area contributed by atoms with E-state index in [1.165, 1.54) is 49.1 Å². The molecule has 1 amide bonds. The smallest absolute Gasteiger partial charge is 0.312 e. The first-order valence-corrected chi connectivity index (χ1v) is 23.8. The molecule has 16 heteroatoms. The maximum Gasteiger partial charge on any atom is 0.312 e. The number of halogens is 1. The van der Waals surface area contributed by atoms with Crippen LogP contribution >= 0.6 is 0 Å². The molecule has 2 aliphatic heterocycles. The maximum absolute atomic E-state index is 15.3. The summed E-state index contributed by atoms with van der Waals surface area (Å²) in [6.45, 7) is 7.16. The molecule has 3 aromatic heterocycles. The van der Waals surface area contributed by atoms with E-state index in [4.69, 9.17) is 4.74 Å². The van der Waals surface area contributed by atoms with Gasteiger partial charge < -0.3 is 19.9 Å². The second-order valence-corrected chi connectivity index (χ2v) is 20.1. The highest BCUT2D eigenvalue weighted by Crippen LogP contribution is 2.54. The standard InChI is InChI=1S/C47H55FN8O6S/c1-31(2)37-9-4-5-10-38(37)40-11-8-20-55(40)34-26-46(27-34)17-21-54(22-18-46)33-12-13-39(42(24-33)62-35-23-32-14-19-49-43(32)50-28-35)45(57)53-63(60,61)36-25-41(56(58)59)44(51-29-36)52-30-47(48)15-6-3-7-16-47/h4-5,9-10,12-14,19,23-25,28-29,31,34,40H,3,6-8,11,15-18,20-22,26-27,30H2,1-2H3,(H,49,50)(H,51,52)(H,53,57)/t40-/m0/s1. The number of likely N-dealkylation sites (tertiary alicyclic amines) is 1. The SMILES string of the molecule is CC(C)c1ccccc1[C@@H]1CCCN1C1CC2(CCN(c3ccc(C(=O)NS(=O)(=O)c4cnc(NCC5(F)CCCCC5)c([N+](=O)[O-])c4)c(Oc4cnc5[nH]ccc5c4)c3)CC2)C1. The molecule has 0 bridgehead atoms. The maximum atomic E-state index is 15.3. The molecular formula is C47H55FN8O6S. The quantitative estimate of drug-likeness (QED) is 0.0759. The summed E-state index contributed by atoms with van der Waals surface area (Å²) in [6.07, 6.45) is 14.1. The number of H-pyrrole nitrogens is 1. The molecule has 0 radical (unpaired) electrons. The predicted molar refractivity (Wildman–Crippen MR) is 240 cm³/mol. The number of hydrogen-bond donors (Lipinski definition) is 3. The van der Waals surface area contributed by atoms with E-state index in [1.54, 1.807) is 24.4 Å². The van der Waals surface area contributed by atoms with E-state index in [0.717, 1.165) is 62.2 Å². The van der Waals surface area contributed by atoms with E-state index >= 15 is 4.39 Å². The van der Waals surface area contributed by atoms with Gasteiger partial charge in [0.25, 0.3) is 15.9 Å². The summed E-state index contributed by atoms with van der Waals surface area (Å²) in [5.74, 6) is -0.299. The summed E-state index contributed by atoms with van der Waals surface area (Å²) in [5.41, 5.74) is 2.47. The van der Waals surface area contributed by atoms with Crippen LogP contribution in [0.15, 0.2) is 84.1 Å². The van der Waals surface area contributed by atoms with Gasteiger partial charge in [-0.05, 0) is 105 Å². The summed E-state index contributed by atoms with van der Waals surface area (Å²) in [4.78, 5) is 41.1. The number of pyridine rings is 2. The van der Waals surface area contributed by atoms with Crippen LogP contribution in [0.3, 0.4) is 0 Å². The number of ether oxygens (including phenoxy) is 1. The van der Waals surface area contributed by atoms with Crippen LogP contribution in [0.5, 0.6) is 11.5 Å². The van der Waals surface area contributed by atoms with Crippen LogP contribution in [-0.2, 0) is 10.0 Å². The van der Waals surface area contributed by atoms with Crippen LogP contribution in [0.4, 0.5) is 21.6 Å². The number of aromatic nitrogens is 3. The van der Waals surface area contributed by atoms with Gasteiger partial charge in [0.05, 0.1) is 29.4 Å². The van der Waals surface area contributed by atoms with Crippen molar-refractivity contribution in [1.82, 2.24) is 24.6 Å². The van der Waals surface area contributed by atoms with Crippen LogP contribution in [0.2, 0.25) is 0 Å². The minimum Gasteiger partial charge on any atom is -0.455 e. The Morgan fingerprint density at radius 2 is 1.76 bits per heavy atom. The average molecular weight is 879 g/mol.